The summed E-state index contributed by atoms with van der Waals surface area (Å²) >= 11 is 11.5. The monoisotopic (exact) mass is 816 g/mol. The fourth-order valence-electron chi connectivity index (χ4n) is 6.29. The fraction of sp³-hybridized carbons (Fsp3) is 0.385. The molecule has 8 atom stereocenters. The van der Waals surface area contributed by atoms with Crippen molar-refractivity contribution >= 4 is 34.6 Å². The van der Waals surface area contributed by atoms with Gasteiger partial charge in [0.05, 0.1) is 59.5 Å². The molecule has 0 aliphatic carbocycles. The van der Waals surface area contributed by atoms with Crippen molar-refractivity contribution in [3.8, 4) is 11.5 Å². The van der Waals surface area contributed by atoms with Crippen molar-refractivity contribution < 1.29 is 53.2 Å². The third kappa shape index (κ3) is 10.9. The molecular formula is C39H42Cl2N2O13. The Labute approximate surface area is 332 Å². The minimum Gasteiger partial charge on any atom is -0.506 e. The van der Waals surface area contributed by atoms with Gasteiger partial charge in [0.25, 0.3) is 11.4 Å². The Balaban J connectivity index is 0.000000177. The molecule has 4 saturated heterocycles. The minimum atomic E-state index is -0.578. The molecule has 0 saturated carbocycles. The van der Waals surface area contributed by atoms with Gasteiger partial charge in [0.2, 0.25) is 0 Å². The van der Waals surface area contributed by atoms with Crippen LogP contribution in [0.1, 0.15) is 18.6 Å². The van der Waals surface area contributed by atoms with Crippen LogP contribution in [0.2, 0.25) is 10.0 Å². The Morgan fingerprint density at radius 3 is 1.59 bits per heavy atom. The average Bonchev–Trinajstić information content (AvgIpc) is 3.98. The number of phenolic OH excluding ortho intramolecular Hbond substituents is 1. The molecule has 8 rings (SSSR count). The van der Waals surface area contributed by atoms with Gasteiger partial charge in [0, 0.05) is 24.3 Å². The highest BCUT2D eigenvalue weighted by Crippen LogP contribution is 2.35. The number of halogens is 2. The normalized spacial score (nSPS) is 25.7. The Kier molecular flexibility index (Phi) is 15.4. The number of hydrogen-bond acceptors (Lipinski definition) is 13. The van der Waals surface area contributed by atoms with E-state index < -0.39 is 16.0 Å². The van der Waals surface area contributed by atoms with Crippen LogP contribution < -0.4 is 4.74 Å². The van der Waals surface area contributed by atoms with Gasteiger partial charge in [0.15, 0.2) is 6.10 Å². The molecule has 4 fully saturated rings. The van der Waals surface area contributed by atoms with E-state index in [-0.39, 0.29) is 77.3 Å². The minimum absolute atomic E-state index is 0. The van der Waals surface area contributed by atoms with E-state index in [2.05, 4.69) is 0 Å². The number of nitro groups is 2. The molecule has 2 N–H and O–H groups in total. The number of rotatable bonds is 10. The first kappa shape index (κ1) is 42.7. The summed E-state index contributed by atoms with van der Waals surface area (Å²) in [5.74, 6) is 0.214. The van der Waals surface area contributed by atoms with Gasteiger partial charge in [-0.1, -0.05) is 91.3 Å². The van der Waals surface area contributed by atoms with Crippen molar-refractivity contribution in [3.05, 3.63) is 138 Å². The predicted octanol–water partition coefficient (Wildman–Crippen LogP) is 6.70. The maximum atomic E-state index is 10.8. The van der Waals surface area contributed by atoms with Crippen LogP contribution in [0.5, 0.6) is 11.5 Å². The van der Waals surface area contributed by atoms with Crippen LogP contribution in [0.3, 0.4) is 0 Å². The number of aliphatic hydroxyl groups is 1. The molecule has 4 aliphatic rings. The summed E-state index contributed by atoms with van der Waals surface area (Å²) in [6.07, 6.45) is -1.91. The zero-order valence-electron chi connectivity index (χ0n) is 29.1. The van der Waals surface area contributed by atoms with Crippen molar-refractivity contribution in [1.82, 2.24) is 0 Å². The van der Waals surface area contributed by atoms with Crippen LogP contribution in [0.4, 0.5) is 11.4 Å². The van der Waals surface area contributed by atoms with Crippen molar-refractivity contribution in [1.29, 1.82) is 0 Å². The molecule has 0 spiro atoms. The fourth-order valence-corrected chi connectivity index (χ4v) is 6.68. The first-order valence-electron chi connectivity index (χ1n) is 17.3. The van der Waals surface area contributed by atoms with Crippen molar-refractivity contribution in [2.24, 2.45) is 0 Å². The Morgan fingerprint density at radius 1 is 0.625 bits per heavy atom. The zero-order valence-corrected chi connectivity index (χ0v) is 30.6. The van der Waals surface area contributed by atoms with Crippen LogP contribution >= 0.6 is 23.2 Å². The Hall–Kier alpha value is -4.42. The molecule has 2 unspecified atom stereocenters. The van der Waals surface area contributed by atoms with Gasteiger partial charge < -0.3 is 43.4 Å². The van der Waals surface area contributed by atoms with Gasteiger partial charge in [-0.15, -0.1) is 0 Å². The second kappa shape index (κ2) is 20.1. The highest BCUT2D eigenvalue weighted by molar-refractivity contribution is 6.32. The quantitative estimate of drug-likeness (QED) is 0.127. The number of nitro benzene ring substituents is 2. The molecule has 0 amide bonds. The molecule has 0 radical (unpaired) electrons. The van der Waals surface area contributed by atoms with Crippen molar-refractivity contribution in [3.63, 3.8) is 0 Å². The maximum absolute atomic E-state index is 10.8. The van der Waals surface area contributed by atoms with Crippen LogP contribution in [0, 0.1) is 20.2 Å². The number of aromatic hydroxyl groups is 1. The second-order valence-corrected chi connectivity index (χ2v) is 13.7. The van der Waals surface area contributed by atoms with E-state index >= 15 is 0 Å². The van der Waals surface area contributed by atoms with Crippen LogP contribution in [-0.2, 0) is 41.6 Å². The standard InChI is InChI=1S/C19H18ClNO6.C13H16O4.C6H4ClNO3.CH4/c20-14-8-13(21(22)23)6-7-15(14)27-17-11-26-18-16(10-25-19(17)18)24-9-12-4-2-1-3-5-12;14-10-7-16-13-11(8-17-12(10)13)15-6-9-4-2-1-3-5-9;7-5-3-4(8(10)11)1-2-6(5)9;/h1-8,16-19H,9-11H2;1-5,10-14H,6-8H2;1-3,9H;1H4/t16-,17?,18+,19+;10?,11-,12+,13+;;/m00../s1. The molecule has 17 heteroatoms. The lowest BCUT2D eigenvalue weighted by Crippen LogP contribution is -2.35. The van der Waals surface area contributed by atoms with E-state index in [4.69, 9.17) is 61.5 Å². The van der Waals surface area contributed by atoms with Gasteiger partial charge in [-0.3, -0.25) is 20.2 Å². The number of fused-ring (bicyclic) bond motifs is 2. The number of nitrogens with zero attached hydrogens (tertiary/aromatic N) is 2. The number of hydrogen-bond donors (Lipinski definition) is 2. The lowest BCUT2D eigenvalue weighted by atomic mass is 10.1. The molecule has 4 heterocycles. The molecule has 4 aliphatic heterocycles. The number of ether oxygens (including phenoxy) is 7. The lowest BCUT2D eigenvalue weighted by molar-refractivity contribution is -0.385. The molecule has 4 aromatic carbocycles. The molecule has 0 aromatic heterocycles. The molecular weight excluding hydrogens is 775 g/mol. The van der Waals surface area contributed by atoms with Gasteiger partial charge >= 0.3 is 0 Å². The van der Waals surface area contributed by atoms with Crippen molar-refractivity contribution in [2.75, 3.05) is 26.4 Å². The summed E-state index contributed by atoms with van der Waals surface area (Å²) in [4.78, 5) is 19.9. The zero-order chi connectivity index (χ0) is 38.9. The maximum Gasteiger partial charge on any atom is 0.271 e. The predicted molar refractivity (Wildman–Crippen MR) is 204 cm³/mol. The number of benzene rings is 4. The third-order valence-electron chi connectivity index (χ3n) is 9.10. The summed E-state index contributed by atoms with van der Waals surface area (Å²) in [5, 5.41) is 39.6. The van der Waals surface area contributed by atoms with Crippen LogP contribution in [0.25, 0.3) is 0 Å². The highest BCUT2D eigenvalue weighted by atomic mass is 35.5. The second-order valence-electron chi connectivity index (χ2n) is 12.9. The summed E-state index contributed by atoms with van der Waals surface area (Å²) < 4.78 is 40.3. The van der Waals surface area contributed by atoms with E-state index in [1.807, 2.05) is 60.7 Å². The highest BCUT2D eigenvalue weighted by Gasteiger charge is 2.50. The van der Waals surface area contributed by atoms with E-state index in [1.54, 1.807) is 0 Å². The lowest BCUT2D eigenvalue weighted by Gasteiger charge is -2.18. The summed E-state index contributed by atoms with van der Waals surface area (Å²) in [5.41, 5.74) is 2.01. The molecule has 4 aromatic rings. The largest absolute Gasteiger partial charge is 0.506 e. The summed E-state index contributed by atoms with van der Waals surface area (Å²) in [6.45, 7) is 2.66. The Bertz CT molecular complexity index is 1890. The molecule has 300 valence electrons. The topological polar surface area (TPSA) is 191 Å². The Morgan fingerprint density at radius 2 is 1.07 bits per heavy atom. The van der Waals surface area contributed by atoms with Crippen molar-refractivity contribution in [2.45, 2.75) is 69.5 Å². The third-order valence-corrected chi connectivity index (χ3v) is 9.70. The van der Waals surface area contributed by atoms with E-state index in [9.17, 15) is 25.3 Å². The number of non-ortho nitro benzene ring substituents is 2. The first-order valence-corrected chi connectivity index (χ1v) is 18.0. The summed E-state index contributed by atoms with van der Waals surface area (Å²) in [6, 6.07) is 27.5. The van der Waals surface area contributed by atoms with Gasteiger partial charge in [-0.05, 0) is 23.3 Å². The smallest absolute Gasteiger partial charge is 0.271 e. The summed E-state index contributed by atoms with van der Waals surface area (Å²) in [7, 11) is 0. The SMILES string of the molecule is C.O=[N+]([O-])c1ccc(O)c(Cl)c1.O=[N+]([O-])c1ccc(OC2CO[C@@H]3[C@@H](OCc4ccccc4)CO[C@H]23)c(Cl)c1.OC1CO[C@@H]2[C@@H](OCc3ccccc3)CO[C@H]12. The van der Waals surface area contributed by atoms with Gasteiger partial charge in [0.1, 0.15) is 54.2 Å². The first-order chi connectivity index (χ1) is 26.6. The van der Waals surface area contributed by atoms with Crippen LogP contribution in [0.15, 0.2) is 97.1 Å². The number of aliphatic hydroxyl groups excluding tert-OH is 1. The molecule has 15 nitrogen and oxygen atoms in total. The molecule has 56 heavy (non-hydrogen) atoms. The van der Waals surface area contributed by atoms with E-state index in [1.165, 1.54) is 30.3 Å². The van der Waals surface area contributed by atoms with E-state index in [0.717, 1.165) is 17.2 Å². The van der Waals surface area contributed by atoms with Gasteiger partial charge in [-0.2, -0.15) is 0 Å². The molecule has 0 bridgehead atoms. The van der Waals surface area contributed by atoms with Crippen LogP contribution in [-0.4, -0.2) is 95.3 Å². The van der Waals surface area contributed by atoms with E-state index in [0.29, 0.717) is 45.4 Å². The average molecular weight is 818 g/mol. The number of phenols is 1. The van der Waals surface area contributed by atoms with Gasteiger partial charge in [-0.25, -0.2) is 0 Å².